The van der Waals surface area contributed by atoms with Crippen molar-refractivity contribution < 1.29 is 19.1 Å². The van der Waals surface area contributed by atoms with Crippen molar-refractivity contribution in [2.75, 3.05) is 25.1 Å². The number of hydrogen-bond acceptors (Lipinski definition) is 6. The van der Waals surface area contributed by atoms with Crippen LogP contribution in [0.4, 0.5) is 5.13 Å². The van der Waals surface area contributed by atoms with Crippen LogP contribution >= 0.6 is 11.3 Å². The average molecular weight is 298 g/mol. The summed E-state index contributed by atoms with van der Waals surface area (Å²) in [5.41, 5.74) is 0.408. The quantitative estimate of drug-likeness (QED) is 0.810. The Morgan fingerprint density at radius 3 is 2.95 bits per heavy atom. The first-order valence-corrected chi connectivity index (χ1v) is 7.35. The van der Waals surface area contributed by atoms with E-state index in [1.165, 1.54) is 18.3 Å². The van der Waals surface area contributed by atoms with Gasteiger partial charge in [-0.1, -0.05) is 0 Å². The molecule has 0 aromatic carbocycles. The first-order chi connectivity index (χ1) is 9.56. The molecule has 0 bridgehead atoms. The van der Waals surface area contributed by atoms with Crippen LogP contribution in [0.5, 0.6) is 0 Å². The summed E-state index contributed by atoms with van der Waals surface area (Å²) >= 11 is 1.29. The molecule has 110 valence electrons. The zero-order chi connectivity index (χ0) is 14.5. The van der Waals surface area contributed by atoms with Gasteiger partial charge in [0.1, 0.15) is 12.3 Å². The number of nitrogens with zero attached hydrogens (tertiary/aromatic N) is 1. The Hall–Kier alpha value is -1.31. The van der Waals surface area contributed by atoms with Gasteiger partial charge in [-0.3, -0.25) is 14.9 Å². The van der Waals surface area contributed by atoms with Crippen LogP contribution in [-0.2, 0) is 14.3 Å². The molecule has 2 rings (SSSR count). The number of ether oxygens (including phenoxy) is 2. The predicted molar refractivity (Wildman–Crippen MR) is 75.3 cm³/mol. The van der Waals surface area contributed by atoms with Gasteiger partial charge in [-0.05, 0) is 19.8 Å². The van der Waals surface area contributed by atoms with E-state index in [0.717, 1.165) is 24.3 Å². The Labute approximate surface area is 121 Å². The van der Waals surface area contributed by atoms with Gasteiger partial charge in [0.05, 0.1) is 12.7 Å². The molecule has 1 saturated heterocycles. The summed E-state index contributed by atoms with van der Waals surface area (Å²) in [6.07, 6.45) is 2.14. The number of anilines is 1. The fraction of sp³-hybridized carbons (Fsp3) is 0.615. The summed E-state index contributed by atoms with van der Waals surface area (Å²) in [6, 6.07) is 0. The minimum atomic E-state index is -0.271. The van der Waals surface area contributed by atoms with E-state index in [1.807, 2.05) is 0 Å². The zero-order valence-corrected chi connectivity index (χ0v) is 12.4. The molecule has 1 fully saturated rings. The van der Waals surface area contributed by atoms with Crippen molar-refractivity contribution in [1.82, 2.24) is 4.98 Å². The molecule has 0 radical (unpaired) electrons. The Balaban J connectivity index is 1.76. The molecule has 1 aliphatic heterocycles. The van der Waals surface area contributed by atoms with Crippen molar-refractivity contribution in [3.8, 4) is 0 Å². The summed E-state index contributed by atoms with van der Waals surface area (Å²) in [4.78, 5) is 27.8. The summed E-state index contributed by atoms with van der Waals surface area (Å²) in [6.45, 7) is 4.43. The van der Waals surface area contributed by atoms with Crippen molar-refractivity contribution in [2.45, 2.75) is 32.8 Å². The average Bonchev–Trinajstić information content (AvgIpc) is 2.99. The maximum Gasteiger partial charge on any atom is 0.252 e. The maximum atomic E-state index is 11.7. The van der Waals surface area contributed by atoms with E-state index in [-0.39, 0.29) is 24.4 Å². The number of thiazole rings is 1. The number of rotatable bonds is 6. The summed E-state index contributed by atoms with van der Waals surface area (Å²) in [5.74, 6) is -0.374. The zero-order valence-electron chi connectivity index (χ0n) is 11.6. The van der Waals surface area contributed by atoms with Gasteiger partial charge in [-0.25, -0.2) is 4.98 Å². The third kappa shape index (κ3) is 4.09. The molecular weight excluding hydrogens is 280 g/mol. The number of ketones is 1. The standard InChI is InChI=1S/C13H18N2O4S/c1-8(16)12-9(2)20-13(15-12)14-11(17)7-18-6-10-4-3-5-19-10/h10H,3-7H2,1-2H3,(H,14,15,17). The van der Waals surface area contributed by atoms with E-state index >= 15 is 0 Å². The molecule has 1 unspecified atom stereocenters. The number of Topliss-reactive ketones (excluding diaryl/α,β-unsaturated/α-hetero) is 1. The fourth-order valence-electron chi connectivity index (χ4n) is 1.99. The number of carbonyl (C=O) groups is 2. The number of nitrogens with one attached hydrogen (secondary N) is 1. The monoisotopic (exact) mass is 298 g/mol. The third-order valence-electron chi connectivity index (χ3n) is 2.94. The molecule has 2 heterocycles. The van der Waals surface area contributed by atoms with Crippen molar-refractivity contribution in [2.24, 2.45) is 0 Å². The van der Waals surface area contributed by atoms with Crippen LogP contribution in [0.3, 0.4) is 0 Å². The van der Waals surface area contributed by atoms with Gasteiger partial charge in [-0.2, -0.15) is 0 Å². The molecular formula is C13H18N2O4S. The first-order valence-electron chi connectivity index (χ1n) is 6.54. The first kappa shape index (κ1) is 15.1. The highest BCUT2D eigenvalue weighted by Gasteiger charge is 2.17. The molecule has 0 aliphatic carbocycles. The molecule has 1 aliphatic rings. The van der Waals surface area contributed by atoms with Gasteiger partial charge in [0, 0.05) is 18.4 Å². The largest absolute Gasteiger partial charge is 0.376 e. The summed E-state index contributed by atoms with van der Waals surface area (Å²) in [7, 11) is 0. The lowest BCUT2D eigenvalue weighted by atomic mass is 10.2. The number of amides is 1. The summed E-state index contributed by atoms with van der Waals surface area (Å²) in [5, 5.41) is 3.06. The van der Waals surface area contributed by atoms with Crippen LogP contribution in [0.25, 0.3) is 0 Å². The van der Waals surface area contributed by atoms with Crippen LogP contribution in [-0.4, -0.2) is 42.6 Å². The van der Waals surface area contributed by atoms with Crippen LogP contribution < -0.4 is 5.32 Å². The van der Waals surface area contributed by atoms with E-state index in [2.05, 4.69) is 10.3 Å². The van der Waals surface area contributed by atoms with Gasteiger partial charge in [0.2, 0.25) is 0 Å². The third-order valence-corrected chi connectivity index (χ3v) is 3.82. The highest BCUT2D eigenvalue weighted by molar-refractivity contribution is 7.16. The SMILES string of the molecule is CC(=O)c1nc(NC(=O)COCC2CCCO2)sc1C. The van der Waals surface area contributed by atoms with Gasteiger partial charge < -0.3 is 9.47 Å². The van der Waals surface area contributed by atoms with Crippen molar-refractivity contribution in [1.29, 1.82) is 0 Å². The van der Waals surface area contributed by atoms with Gasteiger partial charge in [0.15, 0.2) is 10.9 Å². The second-order valence-corrected chi connectivity index (χ2v) is 5.88. The highest BCUT2D eigenvalue weighted by atomic mass is 32.1. The lowest BCUT2D eigenvalue weighted by Gasteiger charge is -2.09. The lowest BCUT2D eigenvalue weighted by molar-refractivity contribution is -0.121. The second kappa shape index (κ2) is 6.92. The number of hydrogen-bond donors (Lipinski definition) is 1. The lowest BCUT2D eigenvalue weighted by Crippen LogP contribution is -2.22. The van der Waals surface area contributed by atoms with Crippen LogP contribution in [0.2, 0.25) is 0 Å². The molecule has 0 saturated carbocycles. The Morgan fingerprint density at radius 2 is 2.35 bits per heavy atom. The minimum absolute atomic E-state index is 0.0338. The van der Waals surface area contributed by atoms with Crippen molar-refractivity contribution in [3.63, 3.8) is 0 Å². The van der Waals surface area contributed by atoms with Gasteiger partial charge >= 0.3 is 0 Å². The fourth-order valence-corrected chi connectivity index (χ4v) is 2.87. The highest BCUT2D eigenvalue weighted by Crippen LogP contribution is 2.22. The van der Waals surface area contributed by atoms with E-state index < -0.39 is 0 Å². The van der Waals surface area contributed by atoms with Crippen LogP contribution in [0.1, 0.15) is 35.1 Å². The number of aromatic nitrogens is 1. The normalized spacial score (nSPS) is 18.2. The van der Waals surface area contributed by atoms with E-state index in [0.29, 0.717) is 17.4 Å². The van der Waals surface area contributed by atoms with E-state index in [1.54, 1.807) is 6.92 Å². The topological polar surface area (TPSA) is 77.5 Å². The van der Waals surface area contributed by atoms with Gasteiger partial charge in [0.25, 0.3) is 5.91 Å². The molecule has 1 amide bonds. The molecule has 1 N–H and O–H groups in total. The number of carbonyl (C=O) groups excluding carboxylic acids is 2. The number of aryl methyl sites for hydroxylation is 1. The molecule has 0 spiro atoms. The minimum Gasteiger partial charge on any atom is -0.376 e. The smallest absolute Gasteiger partial charge is 0.252 e. The Bertz CT molecular complexity index is 495. The maximum absolute atomic E-state index is 11.7. The van der Waals surface area contributed by atoms with Crippen LogP contribution in [0.15, 0.2) is 0 Å². The molecule has 1 atom stereocenters. The van der Waals surface area contributed by atoms with Crippen LogP contribution in [0, 0.1) is 6.92 Å². The molecule has 7 heteroatoms. The Morgan fingerprint density at radius 1 is 1.55 bits per heavy atom. The molecule has 1 aromatic rings. The Kier molecular flexibility index (Phi) is 5.22. The van der Waals surface area contributed by atoms with Crippen molar-refractivity contribution in [3.05, 3.63) is 10.6 Å². The summed E-state index contributed by atoms with van der Waals surface area (Å²) < 4.78 is 10.7. The van der Waals surface area contributed by atoms with Gasteiger partial charge in [-0.15, -0.1) is 11.3 Å². The molecule has 6 nitrogen and oxygen atoms in total. The van der Waals surface area contributed by atoms with E-state index in [9.17, 15) is 9.59 Å². The molecule has 20 heavy (non-hydrogen) atoms. The molecule has 1 aromatic heterocycles. The van der Waals surface area contributed by atoms with Crippen molar-refractivity contribution >= 4 is 28.2 Å². The second-order valence-electron chi connectivity index (χ2n) is 4.68. The van der Waals surface area contributed by atoms with E-state index in [4.69, 9.17) is 9.47 Å². The predicted octanol–water partition coefficient (Wildman–Crippen LogP) is 1.79.